The molecule has 0 spiro atoms. The van der Waals surface area contributed by atoms with E-state index >= 15 is 0 Å². The summed E-state index contributed by atoms with van der Waals surface area (Å²) in [6.07, 6.45) is 0. The highest BCUT2D eigenvalue weighted by Gasteiger charge is 2.20. The number of furan rings is 1. The summed E-state index contributed by atoms with van der Waals surface area (Å²) < 4.78 is 8.44. The van der Waals surface area contributed by atoms with Crippen LogP contribution in [0.15, 0.2) is 138 Å². The Morgan fingerprint density at radius 2 is 1.14 bits per heavy atom. The van der Waals surface area contributed by atoms with Crippen molar-refractivity contribution in [3.63, 3.8) is 0 Å². The van der Waals surface area contributed by atoms with Crippen LogP contribution in [0.25, 0.3) is 83.2 Å². The van der Waals surface area contributed by atoms with Crippen molar-refractivity contribution < 1.29 is 4.42 Å². The SMILES string of the molecule is c1ccc(-c2nc(-c3ccc4ccccc4c3)nc(-n3c4ccccc4c4cc5c(cc43)oc3ccccc35)n2)cc1. The predicted molar refractivity (Wildman–Crippen MR) is 170 cm³/mol. The van der Waals surface area contributed by atoms with Crippen LogP contribution in [-0.4, -0.2) is 19.5 Å². The quantitative estimate of drug-likeness (QED) is 0.225. The first-order valence-electron chi connectivity index (χ1n) is 14.0. The van der Waals surface area contributed by atoms with Crippen molar-refractivity contribution in [3.05, 3.63) is 133 Å². The molecule has 0 amide bonds. The van der Waals surface area contributed by atoms with Crippen molar-refractivity contribution in [2.75, 3.05) is 0 Å². The molecule has 0 aliphatic carbocycles. The van der Waals surface area contributed by atoms with Crippen LogP contribution < -0.4 is 0 Å². The zero-order valence-corrected chi connectivity index (χ0v) is 22.4. The zero-order valence-electron chi connectivity index (χ0n) is 22.4. The van der Waals surface area contributed by atoms with Crippen molar-refractivity contribution >= 4 is 54.5 Å². The predicted octanol–water partition coefficient (Wildman–Crippen LogP) is 9.36. The molecule has 3 heterocycles. The fourth-order valence-corrected chi connectivity index (χ4v) is 6.04. The van der Waals surface area contributed by atoms with E-state index in [1.807, 2.05) is 42.5 Å². The normalized spacial score (nSPS) is 11.8. The Hall–Kier alpha value is -5.81. The molecule has 0 unspecified atom stereocenters. The molecular weight excluding hydrogens is 516 g/mol. The second kappa shape index (κ2) is 8.85. The van der Waals surface area contributed by atoms with Crippen molar-refractivity contribution in [3.8, 4) is 28.7 Å². The van der Waals surface area contributed by atoms with Crippen LogP contribution in [0.4, 0.5) is 0 Å². The molecule has 5 heteroatoms. The summed E-state index contributed by atoms with van der Waals surface area (Å²) in [5.74, 6) is 1.81. The van der Waals surface area contributed by atoms with Gasteiger partial charge in [0.05, 0.1) is 11.0 Å². The van der Waals surface area contributed by atoms with E-state index in [9.17, 15) is 0 Å². The van der Waals surface area contributed by atoms with E-state index in [0.717, 1.165) is 60.3 Å². The fourth-order valence-electron chi connectivity index (χ4n) is 6.04. The van der Waals surface area contributed by atoms with E-state index in [1.165, 1.54) is 5.39 Å². The van der Waals surface area contributed by atoms with Crippen molar-refractivity contribution in [1.29, 1.82) is 0 Å². The molecule has 5 nitrogen and oxygen atoms in total. The monoisotopic (exact) mass is 538 g/mol. The lowest BCUT2D eigenvalue weighted by Crippen LogP contribution is -2.06. The van der Waals surface area contributed by atoms with Gasteiger partial charge in [-0.15, -0.1) is 0 Å². The van der Waals surface area contributed by atoms with Crippen LogP contribution in [0, 0.1) is 0 Å². The van der Waals surface area contributed by atoms with E-state index in [1.54, 1.807) is 0 Å². The average Bonchev–Trinajstić information content (AvgIpc) is 3.58. The number of hydrogen-bond donors (Lipinski definition) is 0. The molecule has 0 aliphatic rings. The maximum Gasteiger partial charge on any atom is 0.238 e. The minimum atomic E-state index is 0.564. The molecule has 0 fully saturated rings. The highest BCUT2D eigenvalue weighted by molar-refractivity contribution is 6.17. The molecule has 0 saturated heterocycles. The van der Waals surface area contributed by atoms with Crippen molar-refractivity contribution in [2.24, 2.45) is 0 Å². The highest BCUT2D eigenvalue weighted by Crippen LogP contribution is 2.38. The topological polar surface area (TPSA) is 56.7 Å². The lowest BCUT2D eigenvalue weighted by Gasteiger charge is -2.11. The van der Waals surface area contributed by atoms with Crippen molar-refractivity contribution in [1.82, 2.24) is 19.5 Å². The lowest BCUT2D eigenvalue weighted by molar-refractivity contribution is 0.669. The van der Waals surface area contributed by atoms with Crippen LogP contribution in [0.1, 0.15) is 0 Å². The number of benzene rings is 6. The standard InChI is InChI=1S/C37H22N4O/c1-2-11-24(12-3-1)35-38-36(26-19-18-23-10-4-5-13-25(23)20-26)40-37(39-35)41-31-16-8-6-14-27(31)29-21-30-28-15-7-9-17-33(28)42-34(30)22-32(29)41/h1-22H. The summed E-state index contributed by atoms with van der Waals surface area (Å²) in [6.45, 7) is 0. The summed E-state index contributed by atoms with van der Waals surface area (Å²) in [7, 11) is 0. The Morgan fingerprint density at radius 1 is 0.429 bits per heavy atom. The fraction of sp³-hybridized carbons (Fsp3) is 0. The second-order valence-electron chi connectivity index (χ2n) is 10.5. The van der Waals surface area contributed by atoms with Gasteiger partial charge in [-0.25, -0.2) is 4.98 Å². The van der Waals surface area contributed by atoms with Gasteiger partial charge in [0, 0.05) is 38.7 Å². The Bertz CT molecular complexity index is 2470. The van der Waals surface area contributed by atoms with E-state index in [-0.39, 0.29) is 0 Å². The van der Waals surface area contributed by atoms with Gasteiger partial charge in [-0.1, -0.05) is 103 Å². The van der Waals surface area contributed by atoms with Crippen molar-refractivity contribution in [2.45, 2.75) is 0 Å². The number of aromatic nitrogens is 4. The Labute approximate surface area is 240 Å². The molecule has 0 N–H and O–H groups in total. The van der Waals surface area contributed by atoms with Gasteiger partial charge in [-0.2, -0.15) is 9.97 Å². The van der Waals surface area contributed by atoms with Crippen LogP contribution in [0.3, 0.4) is 0 Å². The van der Waals surface area contributed by atoms with Gasteiger partial charge in [-0.05, 0) is 35.0 Å². The Kier molecular flexibility index (Phi) is 4.83. The first kappa shape index (κ1) is 22.9. The average molecular weight is 539 g/mol. The summed E-state index contributed by atoms with van der Waals surface area (Å²) >= 11 is 0. The van der Waals surface area contributed by atoms with E-state index in [2.05, 4.69) is 95.6 Å². The minimum Gasteiger partial charge on any atom is -0.456 e. The molecule has 0 saturated carbocycles. The third-order valence-electron chi connectivity index (χ3n) is 8.03. The van der Waals surface area contributed by atoms with Gasteiger partial charge in [0.1, 0.15) is 11.2 Å². The van der Waals surface area contributed by atoms with Crippen LogP contribution in [0.2, 0.25) is 0 Å². The van der Waals surface area contributed by atoms with E-state index < -0.39 is 0 Å². The van der Waals surface area contributed by atoms with Gasteiger partial charge < -0.3 is 4.42 Å². The van der Waals surface area contributed by atoms with E-state index in [0.29, 0.717) is 17.6 Å². The number of para-hydroxylation sites is 2. The van der Waals surface area contributed by atoms with Gasteiger partial charge in [0.2, 0.25) is 5.95 Å². The molecular formula is C37H22N4O. The van der Waals surface area contributed by atoms with Crippen LogP contribution in [-0.2, 0) is 0 Å². The third-order valence-corrected chi connectivity index (χ3v) is 8.03. The lowest BCUT2D eigenvalue weighted by atomic mass is 10.1. The number of rotatable bonds is 3. The summed E-state index contributed by atoms with van der Waals surface area (Å²) in [5, 5.41) is 6.78. The second-order valence-corrected chi connectivity index (χ2v) is 10.5. The van der Waals surface area contributed by atoms with Crippen LogP contribution >= 0.6 is 0 Å². The maximum atomic E-state index is 6.31. The summed E-state index contributed by atoms with van der Waals surface area (Å²) in [5.41, 5.74) is 5.59. The first-order chi connectivity index (χ1) is 20.8. The molecule has 9 aromatic rings. The number of nitrogens with zero attached hydrogens (tertiary/aromatic N) is 4. The molecule has 0 atom stereocenters. The molecule has 0 radical (unpaired) electrons. The molecule has 9 rings (SSSR count). The molecule has 0 aliphatic heterocycles. The Balaban J connectivity index is 1.36. The molecule has 3 aromatic heterocycles. The largest absolute Gasteiger partial charge is 0.456 e. The van der Waals surface area contributed by atoms with Gasteiger partial charge in [-0.3, -0.25) is 4.57 Å². The maximum absolute atomic E-state index is 6.31. The minimum absolute atomic E-state index is 0.564. The Morgan fingerprint density at radius 3 is 2.02 bits per heavy atom. The van der Waals surface area contributed by atoms with Crippen LogP contribution in [0.5, 0.6) is 0 Å². The van der Waals surface area contributed by atoms with E-state index in [4.69, 9.17) is 19.4 Å². The van der Waals surface area contributed by atoms with Gasteiger partial charge in [0.15, 0.2) is 11.6 Å². The molecule has 0 bridgehead atoms. The number of hydrogen-bond acceptors (Lipinski definition) is 4. The molecule has 6 aromatic carbocycles. The smallest absolute Gasteiger partial charge is 0.238 e. The summed E-state index contributed by atoms with van der Waals surface area (Å²) in [4.78, 5) is 15.2. The molecule has 196 valence electrons. The van der Waals surface area contributed by atoms with Gasteiger partial charge >= 0.3 is 0 Å². The first-order valence-corrected chi connectivity index (χ1v) is 14.0. The zero-order chi connectivity index (χ0) is 27.6. The number of fused-ring (bicyclic) bond motifs is 7. The molecule has 42 heavy (non-hydrogen) atoms. The third kappa shape index (κ3) is 3.47. The van der Waals surface area contributed by atoms with Gasteiger partial charge in [0.25, 0.3) is 0 Å². The summed E-state index contributed by atoms with van der Waals surface area (Å²) in [6, 6.07) is 45.7. The highest BCUT2D eigenvalue weighted by atomic mass is 16.3.